The van der Waals surface area contributed by atoms with E-state index in [4.69, 9.17) is 4.74 Å². The van der Waals surface area contributed by atoms with E-state index in [0.29, 0.717) is 37.4 Å². The predicted octanol–water partition coefficient (Wildman–Crippen LogP) is 4.10. The summed E-state index contributed by atoms with van der Waals surface area (Å²) in [5, 5.41) is 2.98. The van der Waals surface area contributed by atoms with Crippen molar-refractivity contribution in [1.29, 1.82) is 0 Å². The first-order chi connectivity index (χ1) is 15.6. The zero-order chi connectivity index (χ0) is 22.5. The highest BCUT2D eigenvalue weighted by molar-refractivity contribution is 5.97. The van der Waals surface area contributed by atoms with Crippen LogP contribution in [0.15, 0.2) is 72.8 Å². The Balaban J connectivity index is 1.59. The summed E-state index contributed by atoms with van der Waals surface area (Å²) in [6.45, 7) is 3.35. The van der Waals surface area contributed by atoms with Crippen LogP contribution in [0.25, 0.3) is 11.1 Å². The van der Waals surface area contributed by atoms with E-state index < -0.39 is 0 Å². The molecule has 1 N–H and O–H groups in total. The van der Waals surface area contributed by atoms with Crippen molar-refractivity contribution in [2.45, 2.75) is 13.3 Å². The van der Waals surface area contributed by atoms with Gasteiger partial charge in [-0.05, 0) is 42.2 Å². The van der Waals surface area contributed by atoms with E-state index in [-0.39, 0.29) is 17.7 Å². The highest BCUT2D eigenvalue weighted by Crippen LogP contribution is 2.27. The smallest absolute Gasteiger partial charge is 0.257 e. The maximum atomic E-state index is 13.3. The molecule has 32 heavy (non-hydrogen) atoms. The minimum absolute atomic E-state index is 0.0148. The van der Waals surface area contributed by atoms with Crippen LogP contribution < -0.4 is 10.1 Å². The summed E-state index contributed by atoms with van der Waals surface area (Å²) < 4.78 is 5.38. The third kappa shape index (κ3) is 4.67. The second-order valence-corrected chi connectivity index (χ2v) is 8.17. The number of nitrogens with one attached hydrogen (secondary N) is 1. The number of nitrogens with zero attached hydrogens (tertiary/aromatic N) is 1. The minimum atomic E-state index is -0.331. The lowest BCUT2D eigenvalue weighted by molar-refractivity contribution is -0.124. The molecule has 1 heterocycles. The maximum Gasteiger partial charge on any atom is 0.257 e. The lowest BCUT2D eigenvalue weighted by Crippen LogP contribution is -2.37. The molecule has 5 heteroatoms. The quantitative estimate of drug-likeness (QED) is 0.666. The Labute approximate surface area is 189 Å². The van der Waals surface area contributed by atoms with Gasteiger partial charge < -0.3 is 15.0 Å². The Kier molecular flexibility index (Phi) is 6.55. The van der Waals surface area contributed by atoms with Crippen LogP contribution >= 0.6 is 0 Å². The zero-order valence-electron chi connectivity index (χ0n) is 18.5. The third-order valence-electron chi connectivity index (χ3n) is 5.96. The van der Waals surface area contributed by atoms with E-state index >= 15 is 0 Å². The first kappa shape index (κ1) is 21.6. The van der Waals surface area contributed by atoms with Gasteiger partial charge in [-0.1, -0.05) is 66.2 Å². The van der Waals surface area contributed by atoms with Crippen LogP contribution in [0.1, 0.15) is 21.5 Å². The number of carbonyl (C=O) groups excluding carboxylic acids is 2. The molecule has 0 aromatic heterocycles. The highest BCUT2D eigenvalue weighted by atomic mass is 16.5. The average Bonchev–Trinajstić information content (AvgIpc) is 3.01. The third-order valence-corrected chi connectivity index (χ3v) is 5.96. The Bertz CT molecular complexity index is 1110. The van der Waals surface area contributed by atoms with Gasteiger partial charge in [-0.15, -0.1) is 0 Å². The number of hydrogen-bond donors (Lipinski definition) is 1. The molecular weight excluding hydrogens is 400 g/mol. The van der Waals surface area contributed by atoms with Gasteiger partial charge in [0.2, 0.25) is 5.91 Å². The molecule has 1 aliphatic rings. The van der Waals surface area contributed by atoms with Crippen molar-refractivity contribution in [3.05, 3.63) is 89.5 Å². The van der Waals surface area contributed by atoms with Crippen molar-refractivity contribution in [3.63, 3.8) is 0 Å². The van der Waals surface area contributed by atoms with Gasteiger partial charge >= 0.3 is 0 Å². The van der Waals surface area contributed by atoms with Gasteiger partial charge in [0.1, 0.15) is 5.75 Å². The molecule has 0 spiro atoms. The van der Waals surface area contributed by atoms with Gasteiger partial charge in [0.15, 0.2) is 0 Å². The summed E-state index contributed by atoms with van der Waals surface area (Å²) in [5.41, 5.74) is 5.07. The Morgan fingerprint density at radius 2 is 1.75 bits per heavy atom. The number of para-hydroxylation sites is 1. The van der Waals surface area contributed by atoms with Crippen LogP contribution in [0.4, 0.5) is 0 Å². The molecule has 3 aromatic rings. The summed E-state index contributed by atoms with van der Waals surface area (Å²) in [7, 11) is 1.56. The van der Waals surface area contributed by atoms with Gasteiger partial charge in [0.05, 0.1) is 18.6 Å². The van der Waals surface area contributed by atoms with Gasteiger partial charge in [0.25, 0.3) is 5.91 Å². The van der Waals surface area contributed by atoms with Gasteiger partial charge in [0, 0.05) is 19.6 Å². The van der Waals surface area contributed by atoms with Gasteiger partial charge in [-0.3, -0.25) is 9.59 Å². The molecule has 1 saturated heterocycles. The molecule has 3 aromatic carbocycles. The number of amides is 2. The van der Waals surface area contributed by atoms with E-state index in [1.807, 2.05) is 24.3 Å². The Morgan fingerprint density at radius 1 is 1.03 bits per heavy atom. The Hall–Kier alpha value is -3.60. The molecule has 0 radical (unpaired) electrons. The molecule has 1 atom stereocenters. The lowest BCUT2D eigenvalue weighted by Gasteiger charge is -2.24. The van der Waals surface area contributed by atoms with Crippen molar-refractivity contribution in [2.24, 2.45) is 5.92 Å². The molecule has 4 rings (SSSR count). The number of aryl methyl sites for hydroxylation is 1. The van der Waals surface area contributed by atoms with Crippen LogP contribution in [-0.2, 0) is 11.2 Å². The number of ether oxygens (including phenoxy) is 1. The van der Waals surface area contributed by atoms with E-state index in [2.05, 4.69) is 48.6 Å². The van der Waals surface area contributed by atoms with E-state index in [0.717, 1.165) is 16.7 Å². The summed E-state index contributed by atoms with van der Waals surface area (Å²) in [4.78, 5) is 27.9. The fourth-order valence-electron chi connectivity index (χ4n) is 4.21. The molecule has 0 unspecified atom stereocenters. The van der Waals surface area contributed by atoms with Crippen molar-refractivity contribution in [2.75, 3.05) is 26.7 Å². The minimum Gasteiger partial charge on any atom is -0.496 e. The predicted molar refractivity (Wildman–Crippen MR) is 126 cm³/mol. The molecule has 0 aliphatic carbocycles. The van der Waals surface area contributed by atoms with Crippen LogP contribution in [0.5, 0.6) is 5.75 Å². The standard InChI is InChI=1S/C27H28N2O3/c1-19-11-13-20(14-12-19)23-8-4-3-7-21(23)17-22-18-29(16-15-28-26(22)30)27(31)24-9-5-6-10-25(24)32-2/h3-14,22H,15-18H2,1-2H3,(H,28,30)/t22-/m0/s1. The number of benzene rings is 3. The second-order valence-electron chi connectivity index (χ2n) is 8.17. The number of carbonyl (C=O) groups is 2. The molecule has 0 bridgehead atoms. The number of hydrogen-bond acceptors (Lipinski definition) is 3. The highest BCUT2D eigenvalue weighted by Gasteiger charge is 2.29. The molecule has 1 fully saturated rings. The first-order valence-corrected chi connectivity index (χ1v) is 10.9. The molecule has 164 valence electrons. The number of rotatable bonds is 5. The zero-order valence-corrected chi connectivity index (χ0v) is 18.5. The molecule has 2 amide bonds. The van der Waals surface area contributed by atoms with Gasteiger partial charge in [-0.2, -0.15) is 0 Å². The molecular formula is C27H28N2O3. The second kappa shape index (κ2) is 9.69. The topological polar surface area (TPSA) is 58.6 Å². The molecule has 0 saturated carbocycles. The van der Waals surface area contributed by atoms with E-state index in [1.165, 1.54) is 5.56 Å². The monoisotopic (exact) mass is 428 g/mol. The summed E-state index contributed by atoms with van der Waals surface area (Å²) in [6.07, 6.45) is 0.561. The van der Waals surface area contributed by atoms with Crippen LogP contribution in [0.2, 0.25) is 0 Å². The number of methoxy groups -OCH3 is 1. The SMILES string of the molecule is COc1ccccc1C(=O)N1CCNC(=O)[C@@H](Cc2ccccc2-c2ccc(C)cc2)C1. The van der Waals surface area contributed by atoms with Crippen LogP contribution in [0.3, 0.4) is 0 Å². The van der Waals surface area contributed by atoms with Crippen LogP contribution in [-0.4, -0.2) is 43.5 Å². The normalized spacial score (nSPS) is 16.2. The fraction of sp³-hybridized carbons (Fsp3) is 0.259. The first-order valence-electron chi connectivity index (χ1n) is 10.9. The van der Waals surface area contributed by atoms with Crippen LogP contribution in [0, 0.1) is 12.8 Å². The summed E-state index contributed by atoms with van der Waals surface area (Å²) >= 11 is 0. The van der Waals surface area contributed by atoms with E-state index in [1.54, 1.807) is 24.1 Å². The largest absolute Gasteiger partial charge is 0.496 e. The molecule has 5 nitrogen and oxygen atoms in total. The molecule has 1 aliphatic heterocycles. The summed E-state index contributed by atoms with van der Waals surface area (Å²) in [6, 6.07) is 23.8. The fourth-order valence-corrected chi connectivity index (χ4v) is 4.21. The van der Waals surface area contributed by atoms with Crippen molar-refractivity contribution >= 4 is 11.8 Å². The average molecular weight is 429 g/mol. The maximum absolute atomic E-state index is 13.3. The van der Waals surface area contributed by atoms with E-state index in [9.17, 15) is 9.59 Å². The lowest BCUT2D eigenvalue weighted by atomic mass is 9.91. The van der Waals surface area contributed by atoms with Gasteiger partial charge in [-0.25, -0.2) is 0 Å². The summed E-state index contributed by atoms with van der Waals surface area (Å²) in [5.74, 6) is 0.0832. The van der Waals surface area contributed by atoms with Crippen molar-refractivity contribution < 1.29 is 14.3 Å². The Morgan fingerprint density at radius 3 is 2.53 bits per heavy atom. The van der Waals surface area contributed by atoms with Crippen molar-refractivity contribution in [3.8, 4) is 16.9 Å². The van der Waals surface area contributed by atoms with Crippen molar-refractivity contribution in [1.82, 2.24) is 10.2 Å².